The molecule has 1 amide bonds. The molecule has 18 heavy (non-hydrogen) atoms. The van der Waals surface area contributed by atoms with E-state index < -0.39 is 6.10 Å². The minimum atomic E-state index is -0.463. The van der Waals surface area contributed by atoms with Crippen molar-refractivity contribution in [3.8, 4) is 0 Å². The van der Waals surface area contributed by atoms with Crippen LogP contribution in [0.1, 0.15) is 36.0 Å². The van der Waals surface area contributed by atoms with Crippen LogP contribution in [0.5, 0.6) is 0 Å². The van der Waals surface area contributed by atoms with Crippen LogP contribution in [0.4, 0.5) is 5.69 Å². The Kier molecular flexibility index (Phi) is 4.09. The molecular weight excluding hydrogens is 252 g/mol. The van der Waals surface area contributed by atoms with E-state index in [-0.39, 0.29) is 11.9 Å². The number of nitrogens with one attached hydrogen (secondary N) is 1. The van der Waals surface area contributed by atoms with E-state index in [1.54, 1.807) is 18.2 Å². The van der Waals surface area contributed by atoms with Gasteiger partial charge < -0.3 is 16.2 Å². The second-order valence-electron chi connectivity index (χ2n) is 4.67. The number of benzene rings is 1. The summed E-state index contributed by atoms with van der Waals surface area (Å²) in [6.45, 7) is 0. The van der Waals surface area contributed by atoms with E-state index in [2.05, 4.69) is 5.32 Å². The van der Waals surface area contributed by atoms with Crippen LogP contribution in [0.25, 0.3) is 0 Å². The highest BCUT2D eigenvalue weighted by Crippen LogP contribution is 2.22. The third-order valence-electron chi connectivity index (χ3n) is 3.28. The molecule has 0 bridgehead atoms. The maximum absolute atomic E-state index is 12.0. The lowest BCUT2D eigenvalue weighted by Crippen LogP contribution is -2.45. The van der Waals surface area contributed by atoms with Crippen molar-refractivity contribution in [2.75, 3.05) is 5.73 Å². The molecule has 1 saturated carbocycles. The molecule has 2 atom stereocenters. The van der Waals surface area contributed by atoms with Crippen molar-refractivity contribution < 1.29 is 9.90 Å². The van der Waals surface area contributed by atoms with Crippen molar-refractivity contribution in [1.29, 1.82) is 0 Å². The van der Waals surface area contributed by atoms with Gasteiger partial charge in [-0.25, -0.2) is 0 Å². The molecule has 1 aliphatic rings. The Balaban J connectivity index is 2.07. The molecule has 0 aromatic heterocycles. The lowest BCUT2D eigenvalue weighted by atomic mass is 9.92. The van der Waals surface area contributed by atoms with Crippen LogP contribution in [-0.2, 0) is 0 Å². The molecule has 5 heteroatoms. The Morgan fingerprint density at radius 2 is 2.11 bits per heavy atom. The zero-order valence-electron chi connectivity index (χ0n) is 10.0. The van der Waals surface area contributed by atoms with Crippen LogP contribution in [0, 0.1) is 0 Å². The summed E-state index contributed by atoms with van der Waals surface area (Å²) in [6.07, 6.45) is 3.11. The summed E-state index contributed by atoms with van der Waals surface area (Å²) in [5.74, 6) is -0.258. The minimum absolute atomic E-state index is 0.181. The largest absolute Gasteiger partial charge is 0.399 e. The molecule has 0 radical (unpaired) electrons. The average Bonchev–Trinajstić information content (AvgIpc) is 2.32. The van der Waals surface area contributed by atoms with Crippen LogP contribution in [0.15, 0.2) is 18.2 Å². The topological polar surface area (TPSA) is 75.4 Å². The van der Waals surface area contributed by atoms with E-state index in [0.29, 0.717) is 16.3 Å². The molecule has 98 valence electrons. The monoisotopic (exact) mass is 268 g/mol. The van der Waals surface area contributed by atoms with E-state index in [1.807, 2.05) is 0 Å². The predicted octanol–water partition coefficient (Wildman–Crippen LogP) is 1.96. The highest BCUT2D eigenvalue weighted by atomic mass is 35.5. The number of amides is 1. The van der Waals surface area contributed by atoms with Crippen molar-refractivity contribution in [3.63, 3.8) is 0 Å². The number of rotatable bonds is 2. The lowest BCUT2D eigenvalue weighted by molar-refractivity contribution is 0.0717. The standard InChI is InChI=1S/C13H17ClN2O2/c14-10-7-8(15)5-6-9(10)13(18)16-11-3-1-2-4-12(11)17/h5-7,11-12,17H,1-4,15H2,(H,16,18)/t11-,12-/m1/s1. The number of carbonyl (C=O) groups excluding carboxylic acids is 1. The molecule has 1 fully saturated rings. The average molecular weight is 269 g/mol. The van der Waals surface area contributed by atoms with Crippen LogP contribution in [-0.4, -0.2) is 23.2 Å². The van der Waals surface area contributed by atoms with E-state index in [4.69, 9.17) is 17.3 Å². The summed E-state index contributed by atoms with van der Waals surface area (Å²) in [4.78, 5) is 12.0. The quantitative estimate of drug-likeness (QED) is 0.718. The fourth-order valence-corrected chi connectivity index (χ4v) is 2.52. The highest BCUT2D eigenvalue weighted by Gasteiger charge is 2.25. The second-order valence-corrected chi connectivity index (χ2v) is 5.08. The Morgan fingerprint density at radius 3 is 2.78 bits per heavy atom. The van der Waals surface area contributed by atoms with Gasteiger partial charge in [-0.05, 0) is 31.0 Å². The fraction of sp³-hybridized carbons (Fsp3) is 0.462. The Hall–Kier alpha value is -1.26. The number of hydrogen-bond donors (Lipinski definition) is 3. The third kappa shape index (κ3) is 2.94. The van der Waals surface area contributed by atoms with Crippen molar-refractivity contribution in [1.82, 2.24) is 5.32 Å². The first-order valence-electron chi connectivity index (χ1n) is 6.12. The van der Waals surface area contributed by atoms with Gasteiger partial charge in [0.25, 0.3) is 5.91 Å². The molecule has 4 nitrogen and oxygen atoms in total. The Labute approximate surface area is 111 Å². The van der Waals surface area contributed by atoms with Gasteiger partial charge in [0.2, 0.25) is 0 Å². The second kappa shape index (κ2) is 5.59. The summed E-state index contributed by atoms with van der Waals surface area (Å²) >= 11 is 5.98. The number of hydrogen-bond acceptors (Lipinski definition) is 3. The third-order valence-corrected chi connectivity index (χ3v) is 3.60. The van der Waals surface area contributed by atoms with E-state index in [1.165, 1.54) is 0 Å². The van der Waals surface area contributed by atoms with Crippen LogP contribution >= 0.6 is 11.6 Å². The smallest absolute Gasteiger partial charge is 0.253 e. The SMILES string of the molecule is Nc1ccc(C(=O)N[C@@H]2CCCC[C@H]2O)c(Cl)c1. The Morgan fingerprint density at radius 1 is 1.39 bits per heavy atom. The molecule has 2 rings (SSSR count). The molecule has 1 aromatic carbocycles. The first-order chi connectivity index (χ1) is 8.58. The summed E-state index contributed by atoms with van der Waals surface area (Å²) in [5, 5.41) is 13.0. The van der Waals surface area contributed by atoms with Crippen molar-refractivity contribution in [2.24, 2.45) is 0 Å². The number of aliphatic hydroxyl groups is 1. The molecule has 0 aliphatic heterocycles. The number of nitrogen functional groups attached to an aromatic ring is 1. The van der Waals surface area contributed by atoms with Gasteiger partial charge in [-0.2, -0.15) is 0 Å². The molecule has 0 unspecified atom stereocenters. The van der Waals surface area contributed by atoms with E-state index in [9.17, 15) is 9.90 Å². The van der Waals surface area contributed by atoms with E-state index in [0.717, 1.165) is 25.7 Å². The number of aliphatic hydroxyl groups excluding tert-OH is 1. The number of nitrogens with two attached hydrogens (primary N) is 1. The van der Waals surface area contributed by atoms with Crippen molar-refractivity contribution in [3.05, 3.63) is 28.8 Å². The molecule has 0 heterocycles. The number of carbonyl (C=O) groups is 1. The minimum Gasteiger partial charge on any atom is -0.399 e. The van der Waals surface area contributed by atoms with Crippen molar-refractivity contribution >= 4 is 23.2 Å². The summed E-state index contributed by atoms with van der Waals surface area (Å²) in [6, 6.07) is 4.61. The van der Waals surface area contributed by atoms with Crippen LogP contribution < -0.4 is 11.1 Å². The first kappa shape index (κ1) is 13.2. The van der Waals surface area contributed by atoms with E-state index >= 15 is 0 Å². The predicted molar refractivity (Wildman–Crippen MR) is 71.6 cm³/mol. The summed E-state index contributed by atoms with van der Waals surface area (Å²) in [5.41, 5.74) is 6.49. The number of halogens is 1. The number of anilines is 1. The molecule has 0 saturated heterocycles. The van der Waals surface area contributed by atoms with Gasteiger partial charge in [0, 0.05) is 5.69 Å². The summed E-state index contributed by atoms with van der Waals surface area (Å²) < 4.78 is 0. The zero-order valence-corrected chi connectivity index (χ0v) is 10.8. The summed E-state index contributed by atoms with van der Waals surface area (Å²) in [7, 11) is 0. The molecule has 1 aliphatic carbocycles. The fourth-order valence-electron chi connectivity index (χ4n) is 2.24. The van der Waals surface area contributed by atoms with Crippen LogP contribution in [0.3, 0.4) is 0 Å². The first-order valence-corrected chi connectivity index (χ1v) is 6.49. The van der Waals surface area contributed by atoms with Gasteiger partial charge in [-0.1, -0.05) is 24.4 Å². The molecular formula is C13H17ClN2O2. The van der Waals surface area contributed by atoms with Gasteiger partial charge in [0.1, 0.15) is 0 Å². The lowest BCUT2D eigenvalue weighted by Gasteiger charge is -2.28. The zero-order chi connectivity index (χ0) is 13.1. The molecule has 4 N–H and O–H groups in total. The molecule has 0 spiro atoms. The maximum atomic E-state index is 12.0. The van der Waals surface area contributed by atoms with Gasteiger partial charge in [-0.15, -0.1) is 0 Å². The van der Waals surface area contributed by atoms with Gasteiger partial charge in [0.05, 0.1) is 22.7 Å². The van der Waals surface area contributed by atoms with Gasteiger partial charge in [0.15, 0.2) is 0 Å². The normalized spacial score (nSPS) is 23.7. The Bertz CT molecular complexity index is 451. The van der Waals surface area contributed by atoms with Crippen LogP contribution in [0.2, 0.25) is 5.02 Å². The highest BCUT2D eigenvalue weighted by molar-refractivity contribution is 6.34. The van der Waals surface area contributed by atoms with Gasteiger partial charge in [-0.3, -0.25) is 4.79 Å². The van der Waals surface area contributed by atoms with Crippen molar-refractivity contribution in [2.45, 2.75) is 37.8 Å². The van der Waals surface area contributed by atoms with Gasteiger partial charge >= 0.3 is 0 Å². The molecule has 1 aromatic rings. The maximum Gasteiger partial charge on any atom is 0.253 e.